The quantitative estimate of drug-likeness (QED) is 0.678. The molecule has 0 unspecified atom stereocenters. The van der Waals surface area contributed by atoms with E-state index in [-0.39, 0.29) is 5.91 Å². The van der Waals surface area contributed by atoms with Crippen molar-refractivity contribution >= 4 is 16.9 Å². The minimum absolute atomic E-state index is 0.115. The molecule has 2 fully saturated rings. The Morgan fingerprint density at radius 3 is 2.55 bits per heavy atom. The number of rotatable bonds is 4. The molecule has 1 saturated heterocycles. The van der Waals surface area contributed by atoms with E-state index in [1.807, 2.05) is 61.3 Å². The molecule has 1 aromatic heterocycles. The largest absolute Gasteiger partial charge is 0.337 e. The van der Waals surface area contributed by atoms with Gasteiger partial charge >= 0.3 is 0 Å². The van der Waals surface area contributed by atoms with Crippen LogP contribution in [0.4, 0.5) is 0 Å². The number of fused-ring (bicyclic) bond motifs is 1. The Bertz CT molecular complexity index is 1030. The van der Waals surface area contributed by atoms with Crippen molar-refractivity contribution < 1.29 is 4.79 Å². The summed E-state index contributed by atoms with van der Waals surface area (Å²) < 4.78 is 2.14. The molecule has 1 aliphatic carbocycles. The van der Waals surface area contributed by atoms with Gasteiger partial charge in [0.1, 0.15) is 5.82 Å². The van der Waals surface area contributed by atoms with Crippen LogP contribution in [0.3, 0.4) is 0 Å². The first kappa shape index (κ1) is 18.4. The summed E-state index contributed by atoms with van der Waals surface area (Å²) in [6, 6.07) is 17.2. The molecular formula is C24H28N4O. The van der Waals surface area contributed by atoms with Crippen molar-refractivity contribution in [2.24, 2.45) is 0 Å². The highest BCUT2D eigenvalue weighted by atomic mass is 16.2. The van der Waals surface area contributed by atoms with Crippen molar-refractivity contribution in [1.29, 1.82) is 0 Å². The summed E-state index contributed by atoms with van der Waals surface area (Å²) in [7, 11) is 1.96. The van der Waals surface area contributed by atoms with Crippen LogP contribution in [0.15, 0.2) is 48.5 Å². The van der Waals surface area contributed by atoms with Gasteiger partial charge in [-0.05, 0) is 62.6 Å². The van der Waals surface area contributed by atoms with Crippen molar-refractivity contribution in [1.82, 2.24) is 19.4 Å². The van der Waals surface area contributed by atoms with Crippen LogP contribution in [-0.2, 0) is 0 Å². The Hall–Kier alpha value is -2.66. The molecule has 1 aliphatic heterocycles. The van der Waals surface area contributed by atoms with E-state index in [4.69, 9.17) is 0 Å². The monoisotopic (exact) mass is 388 g/mol. The van der Waals surface area contributed by atoms with Crippen LogP contribution in [0, 0.1) is 6.92 Å². The van der Waals surface area contributed by atoms with Gasteiger partial charge in [-0.25, -0.2) is 4.98 Å². The molecule has 2 heterocycles. The highest BCUT2D eigenvalue weighted by Crippen LogP contribution is 2.29. The van der Waals surface area contributed by atoms with Crippen LogP contribution in [0.25, 0.3) is 16.7 Å². The van der Waals surface area contributed by atoms with Crippen LogP contribution in [0.2, 0.25) is 0 Å². The number of aryl methyl sites for hydroxylation is 1. The van der Waals surface area contributed by atoms with Gasteiger partial charge in [-0.2, -0.15) is 0 Å². The third-order valence-corrected chi connectivity index (χ3v) is 6.75. The first-order chi connectivity index (χ1) is 14.1. The maximum Gasteiger partial charge on any atom is 0.253 e. The predicted octanol–water partition coefficient (Wildman–Crippen LogP) is 4.03. The maximum absolute atomic E-state index is 13.1. The lowest BCUT2D eigenvalue weighted by Crippen LogP contribution is -2.43. The summed E-state index contributed by atoms with van der Waals surface area (Å²) in [4.78, 5) is 22.2. The van der Waals surface area contributed by atoms with Crippen molar-refractivity contribution in [3.05, 3.63) is 59.9 Å². The topological polar surface area (TPSA) is 41.4 Å². The van der Waals surface area contributed by atoms with E-state index in [0.717, 1.165) is 53.7 Å². The number of hydrogen-bond acceptors (Lipinski definition) is 3. The number of likely N-dealkylation sites (N-methyl/N-ethyl adjacent to an activating group) is 1. The highest BCUT2D eigenvalue weighted by Gasteiger charge is 2.34. The van der Waals surface area contributed by atoms with Gasteiger partial charge in [0.2, 0.25) is 0 Å². The number of likely N-dealkylation sites (tertiary alicyclic amines) is 1. The molecule has 5 heteroatoms. The Morgan fingerprint density at radius 1 is 1.07 bits per heavy atom. The van der Waals surface area contributed by atoms with E-state index in [0.29, 0.717) is 6.04 Å². The normalized spacial score (nSPS) is 20.1. The maximum atomic E-state index is 13.1. The fraction of sp³-hybridized carbons (Fsp3) is 0.417. The zero-order valence-electron chi connectivity index (χ0n) is 17.2. The lowest BCUT2D eigenvalue weighted by molar-refractivity contribution is 0.0720. The lowest BCUT2D eigenvalue weighted by Gasteiger charge is -2.35. The Kier molecular flexibility index (Phi) is 4.63. The Morgan fingerprint density at radius 2 is 1.83 bits per heavy atom. The predicted molar refractivity (Wildman–Crippen MR) is 116 cm³/mol. The number of amides is 1. The zero-order chi connectivity index (χ0) is 20.0. The van der Waals surface area contributed by atoms with E-state index in [2.05, 4.69) is 20.5 Å². The fourth-order valence-electron chi connectivity index (χ4n) is 4.76. The van der Waals surface area contributed by atoms with Crippen LogP contribution in [0.5, 0.6) is 0 Å². The SMILES string of the molecule is Cc1nc2ccccc2n1-c1ccc(C(=O)N(C)[C@H]2CCN(C3CCC3)C2)cc1. The molecule has 0 N–H and O–H groups in total. The molecule has 0 bridgehead atoms. The fourth-order valence-corrected chi connectivity index (χ4v) is 4.76. The van der Waals surface area contributed by atoms with Gasteiger partial charge in [0.25, 0.3) is 5.91 Å². The van der Waals surface area contributed by atoms with E-state index >= 15 is 0 Å². The smallest absolute Gasteiger partial charge is 0.253 e. The minimum atomic E-state index is 0.115. The van der Waals surface area contributed by atoms with E-state index in [1.54, 1.807) is 0 Å². The zero-order valence-corrected chi connectivity index (χ0v) is 17.2. The molecule has 29 heavy (non-hydrogen) atoms. The van der Waals surface area contributed by atoms with Gasteiger partial charge in [0.15, 0.2) is 0 Å². The van der Waals surface area contributed by atoms with Gasteiger partial charge in [0, 0.05) is 43.5 Å². The molecule has 1 amide bonds. The molecule has 2 aromatic carbocycles. The number of benzene rings is 2. The van der Waals surface area contributed by atoms with Crippen molar-refractivity contribution in [3.63, 3.8) is 0 Å². The van der Waals surface area contributed by atoms with Crippen LogP contribution in [0.1, 0.15) is 41.9 Å². The summed E-state index contributed by atoms with van der Waals surface area (Å²) in [6.07, 6.45) is 5.10. The van der Waals surface area contributed by atoms with Crippen LogP contribution in [-0.4, -0.2) is 57.5 Å². The molecule has 5 nitrogen and oxygen atoms in total. The van der Waals surface area contributed by atoms with Gasteiger partial charge in [-0.15, -0.1) is 0 Å². The van der Waals surface area contributed by atoms with Crippen LogP contribution >= 0.6 is 0 Å². The molecule has 150 valence electrons. The van der Waals surface area contributed by atoms with Crippen LogP contribution < -0.4 is 0 Å². The number of nitrogens with zero attached hydrogens (tertiary/aromatic N) is 4. The number of carbonyl (C=O) groups excluding carboxylic acids is 1. The van der Waals surface area contributed by atoms with Crippen molar-refractivity contribution in [2.45, 2.75) is 44.7 Å². The minimum Gasteiger partial charge on any atom is -0.337 e. The first-order valence-electron chi connectivity index (χ1n) is 10.7. The number of para-hydroxylation sites is 2. The third kappa shape index (κ3) is 3.23. The molecule has 0 radical (unpaired) electrons. The number of aromatic nitrogens is 2. The molecule has 5 rings (SSSR count). The number of hydrogen-bond donors (Lipinski definition) is 0. The third-order valence-electron chi connectivity index (χ3n) is 6.75. The average molecular weight is 389 g/mol. The standard InChI is InChI=1S/C24H28N4O/c1-17-25-22-8-3-4-9-23(22)28(17)20-12-10-18(11-13-20)24(29)26(2)21-14-15-27(16-21)19-6-5-7-19/h3-4,8-13,19,21H,5-7,14-16H2,1-2H3/t21-/m0/s1. The second-order valence-corrected chi connectivity index (χ2v) is 8.47. The molecule has 0 spiro atoms. The first-order valence-corrected chi connectivity index (χ1v) is 10.7. The van der Waals surface area contributed by atoms with Crippen molar-refractivity contribution in [3.8, 4) is 5.69 Å². The number of imidazole rings is 1. The Labute approximate surface area is 171 Å². The van der Waals surface area contributed by atoms with E-state index in [9.17, 15) is 4.79 Å². The summed E-state index contributed by atoms with van der Waals surface area (Å²) in [5.41, 5.74) is 3.86. The summed E-state index contributed by atoms with van der Waals surface area (Å²) >= 11 is 0. The average Bonchev–Trinajstić information content (AvgIpc) is 3.29. The van der Waals surface area contributed by atoms with Gasteiger partial charge < -0.3 is 4.90 Å². The van der Waals surface area contributed by atoms with Gasteiger partial charge in [0.05, 0.1) is 11.0 Å². The summed E-state index contributed by atoms with van der Waals surface area (Å²) in [5.74, 6) is 1.06. The van der Waals surface area contributed by atoms with Crippen molar-refractivity contribution in [2.75, 3.05) is 20.1 Å². The molecule has 3 aromatic rings. The number of carbonyl (C=O) groups is 1. The second kappa shape index (κ2) is 7.30. The molecule has 2 aliphatic rings. The Balaban J connectivity index is 1.33. The van der Waals surface area contributed by atoms with E-state index in [1.165, 1.54) is 19.3 Å². The van der Waals surface area contributed by atoms with E-state index < -0.39 is 0 Å². The van der Waals surface area contributed by atoms with Gasteiger partial charge in [-0.1, -0.05) is 18.6 Å². The molecule has 1 atom stereocenters. The second-order valence-electron chi connectivity index (χ2n) is 8.47. The lowest BCUT2D eigenvalue weighted by atomic mass is 9.92. The summed E-state index contributed by atoms with van der Waals surface area (Å²) in [6.45, 7) is 4.16. The summed E-state index contributed by atoms with van der Waals surface area (Å²) in [5, 5.41) is 0. The molecular weight excluding hydrogens is 360 g/mol. The van der Waals surface area contributed by atoms with Gasteiger partial charge in [-0.3, -0.25) is 14.3 Å². The molecule has 1 saturated carbocycles. The highest BCUT2D eigenvalue weighted by molar-refractivity contribution is 5.94.